The number of hydrogen-bond donors (Lipinski definition) is 0. The molecule has 0 aliphatic heterocycles. The first-order chi connectivity index (χ1) is 8.00. The maximum atomic E-state index is 11.3. The molecule has 0 N–H and O–H groups in total. The molecule has 92 valence electrons. The van der Waals surface area contributed by atoms with Crippen LogP contribution in [0.3, 0.4) is 0 Å². The molecule has 17 heavy (non-hydrogen) atoms. The number of carbonyl (C=O) groups excluding carboxylic acids is 1. The van der Waals surface area contributed by atoms with E-state index in [9.17, 15) is 4.79 Å². The summed E-state index contributed by atoms with van der Waals surface area (Å²) in [4.78, 5) is 11.3. The van der Waals surface area contributed by atoms with Gasteiger partial charge < -0.3 is 4.74 Å². The van der Waals surface area contributed by atoms with Gasteiger partial charge in [-0.15, -0.1) is 0 Å². The first-order valence-corrected chi connectivity index (χ1v) is 5.90. The molecule has 0 saturated carbocycles. The molecule has 0 bridgehead atoms. The van der Waals surface area contributed by atoms with Gasteiger partial charge in [-0.25, -0.2) is 4.79 Å². The molecular formula is C15H20O2. The van der Waals surface area contributed by atoms with E-state index in [4.69, 9.17) is 4.74 Å². The van der Waals surface area contributed by atoms with Crippen LogP contribution in [0.4, 0.5) is 0 Å². The molecule has 0 fully saturated rings. The van der Waals surface area contributed by atoms with E-state index in [0.717, 1.165) is 12.0 Å². The Labute approximate surface area is 103 Å². The van der Waals surface area contributed by atoms with Gasteiger partial charge in [-0.2, -0.15) is 0 Å². The van der Waals surface area contributed by atoms with Gasteiger partial charge in [0.2, 0.25) is 0 Å². The lowest BCUT2D eigenvalue weighted by Crippen LogP contribution is -2.07. The molecule has 0 radical (unpaired) electrons. The molecular weight excluding hydrogens is 212 g/mol. The standard InChI is InChI=1S/C15H20O2/c1-11(2)9-13-7-5-6-8-14(13)10-17-15(16)12(3)4/h5-8,11H,3,9-10H2,1-2,4H3. The van der Waals surface area contributed by atoms with Crippen molar-refractivity contribution in [1.82, 2.24) is 0 Å². The first-order valence-electron chi connectivity index (χ1n) is 5.90. The summed E-state index contributed by atoms with van der Waals surface area (Å²) >= 11 is 0. The van der Waals surface area contributed by atoms with E-state index in [1.54, 1.807) is 6.92 Å². The number of ether oxygens (including phenoxy) is 1. The fourth-order valence-electron chi connectivity index (χ4n) is 1.60. The highest BCUT2D eigenvalue weighted by Gasteiger charge is 2.07. The van der Waals surface area contributed by atoms with Crippen LogP contribution >= 0.6 is 0 Å². The largest absolute Gasteiger partial charge is 0.457 e. The Morgan fingerprint density at radius 2 is 1.88 bits per heavy atom. The molecule has 2 heteroatoms. The monoisotopic (exact) mass is 232 g/mol. The molecule has 0 unspecified atom stereocenters. The van der Waals surface area contributed by atoms with Gasteiger partial charge in [0.15, 0.2) is 0 Å². The summed E-state index contributed by atoms with van der Waals surface area (Å²) in [6, 6.07) is 8.07. The highest BCUT2D eigenvalue weighted by atomic mass is 16.5. The van der Waals surface area contributed by atoms with Gasteiger partial charge in [0, 0.05) is 5.57 Å². The number of esters is 1. The molecule has 0 aliphatic carbocycles. The normalized spacial score (nSPS) is 10.4. The van der Waals surface area contributed by atoms with E-state index in [1.165, 1.54) is 5.56 Å². The van der Waals surface area contributed by atoms with Crippen LogP contribution in [-0.2, 0) is 22.6 Å². The number of rotatable bonds is 5. The van der Waals surface area contributed by atoms with Gasteiger partial charge in [-0.1, -0.05) is 44.7 Å². The van der Waals surface area contributed by atoms with Crippen molar-refractivity contribution in [3.05, 3.63) is 47.5 Å². The van der Waals surface area contributed by atoms with Crippen molar-refractivity contribution in [2.24, 2.45) is 5.92 Å². The second-order valence-electron chi connectivity index (χ2n) is 4.72. The summed E-state index contributed by atoms with van der Waals surface area (Å²) in [5.74, 6) is 0.261. The Kier molecular flexibility index (Phi) is 4.95. The van der Waals surface area contributed by atoms with Crippen LogP contribution in [-0.4, -0.2) is 5.97 Å². The van der Waals surface area contributed by atoms with Crippen molar-refractivity contribution < 1.29 is 9.53 Å². The summed E-state index contributed by atoms with van der Waals surface area (Å²) in [6.07, 6.45) is 1.00. The molecule has 0 heterocycles. The molecule has 0 atom stereocenters. The summed E-state index contributed by atoms with van der Waals surface area (Å²) < 4.78 is 5.17. The maximum Gasteiger partial charge on any atom is 0.333 e. The Morgan fingerprint density at radius 1 is 1.29 bits per heavy atom. The van der Waals surface area contributed by atoms with Crippen molar-refractivity contribution in [2.75, 3.05) is 0 Å². The summed E-state index contributed by atoms with van der Waals surface area (Å²) in [6.45, 7) is 9.90. The third-order valence-electron chi connectivity index (χ3n) is 2.45. The molecule has 0 aliphatic rings. The zero-order chi connectivity index (χ0) is 12.8. The average Bonchev–Trinajstić information content (AvgIpc) is 2.26. The fourth-order valence-corrected chi connectivity index (χ4v) is 1.60. The first kappa shape index (κ1) is 13.5. The number of benzene rings is 1. The Balaban J connectivity index is 2.70. The van der Waals surface area contributed by atoms with E-state index >= 15 is 0 Å². The van der Waals surface area contributed by atoms with Crippen molar-refractivity contribution in [3.8, 4) is 0 Å². The van der Waals surface area contributed by atoms with Crippen LogP contribution < -0.4 is 0 Å². The predicted molar refractivity (Wildman–Crippen MR) is 69.6 cm³/mol. The van der Waals surface area contributed by atoms with Gasteiger partial charge in [0.05, 0.1) is 0 Å². The molecule has 1 rings (SSSR count). The molecule has 0 spiro atoms. The van der Waals surface area contributed by atoms with Crippen LogP contribution in [0.1, 0.15) is 31.9 Å². The molecule has 0 amide bonds. The zero-order valence-electron chi connectivity index (χ0n) is 10.8. The van der Waals surface area contributed by atoms with Crippen LogP contribution in [0.15, 0.2) is 36.4 Å². The topological polar surface area (TPSA) is 26.3 Å². The average molecular weight is 232 g/mol. The van der Waals surface area contributed by atoms with Crippen LogP contribution in [0.5, 0.6) is 0 Å². The smallest absolute Gasteiger partial charge is 0.333 e. The lowest BCUT2D eigenvalue weighted by atomic mass is 9.98. The highest BCUT2D eigenvalue weighted by Crippen LogP contribution is 2.15. The zero-order valence-corrected chi connectivity index (χ0v) is 10.8. The minimum absolute atomic E-state index is 0.328. The third-order valence-corrected chi connectivity index (χ3v) is 2.45. The summed E-state index contributed by atoms with van der Waals surface area (Å²) in [5, 5.41) is 0. The molecule has 2 nitrogen and oxygen atoms in total. The van der Waals surface area contributed by atoms with E-state index < -0.39 is 0 Å². The van der Waals surface area contributed by atoms with E-state index in [2.05, 4.69) is 26.5 Å². The Bertz CT molecular complexity index is 405. The molecule has 1 aromatic carbocycles. The predicted octanol–water partition coefficient (Wildman–Crippen LogP) is 3.50. The highest BCUT2D eigenvalue weighted by molar-refractivity contribution is 5.86. The lowest BCUT2D eigenvalue weighted by molar-refractivity contribution is -0.140. The van der Waals surface area contributed by atoms with E-state index in [1.807, 2.05) is 18.2 Å². The third kappa shape index (κ3) is 4.43. The van der Waals surface area contributed by atoms with Crippen molar-refractivity contribution in [2.45, 2.75) is 33.8 Å². The number of carbonyl (C=O) groups is 1. The Morgan fingerprint density at radius 3 is 2.41 bits per heavy atom. The summed E-state index contributed by atoms with van der Waals surface area (Å²) in [7, 11) is 0. The quantitative estimate of drug-likeness (QED) is 0.573. The van der Waals surface area contributed by atoms with Gasteiger partial charge in [-0.05, 0) is 30.4 Å². The van der Waals surface area contributed by atoms with E-state index in [-0.39, 0.29) is 5.97 Å². The van der Waals surface area contributed by atoms with Crippen LogP contribution in [0.25, 0.3) is 0 Å². The fraction of sp³-hybridized carbons (Fsp3) is 0.400. The second-order valence-corrected chi connectivity index (χ2v) is 4.72. The SMILES string of the molecule is C=C(C)C(=O)OCc1ccccc1CC(C)C. The Hall–Kier alpha value is -1.57. The van der Waals surface area contributed by atoms with E-state index in [0.29, 0.717) is 18.1 Å². The van der Waals surface area contributed by atoms with Gasteiger partial charge in [0.25, 0.3) is 0 Å². The van der Waals surface area contributed by atoms with Crippen molar-refractivity contribution >= 4 is 5.97 Å². The minimum Gasteiger partial charge on any atom is -0.457 e. The molecule has 1 aromatic rings. The van der Waals surface area contributed by atoms with Crippen molar-refractivity contribution in [1.29, 1.82) is 0 Å². The lowest BCUT2D eigenvalue weighted by Gasteiger charge is -2.11. The van der Waals surface area contributed by atoms with Gasteiger partial charge in [-0.3, -0.25) is 0 Å². The van der Waals surface area contributed by atoms with Gasteiger partial charge in [0.1, 0.15) is 6.61 Å². The molecule has 0 saturated heterocycles. The minimum atomic E-state index is -0.329. The number of hydrogen-bond acceptors (Lipinski definition) is 2. The molecule has 0 aromatic heterocycles. The second kappa shape index (κ2) is 6.24. The van der Waals surface area contributed by atoms with Crippen LogP contribution in [0.2, 0.25) is 0 Å². The van der Waals surface area contributed by atoms with Crippen molar-refractivity contribution in [3.63, 3.8) is 0 Å². The maximum absolute atomic E-state index is 11.3. The summed E-state index contributed by atoms with van der Waals surface area (Å²) in [5.41, 5.74) is 2.76. The van der Waals surface area contributed by atoms with Gasteiger partial charge >= 0.3 is 5.97 Å². The van der Waals surface area contributed by atoms with Crippen LogP contribution in [0, 0.1) is 5.92 Å².